The van der Waals surface area contributed by atoms with E-state index < -0.39 is 23.4 Å². The lowest BCUT2D eigenvalue weighted by atomic mass is 10.0. The molecule has 3 aromatic rings. The molecular weight excluding hydrogens is 432 g/mol. The topological polar surface area (TPSA) is 108 Å². The molecule has 3 rings (SSSR count). The van der Waals surface area contributed by atoms with Crippen molar-refractivity contribution in [3.8, 4) is 16.9 Å². The maximum absolute atomic E-state index is 12.7. The van der Waals surface area contributed by atoms with Crippen LogP contribution in [0.5, 0.6) is 5.75 Å². The number of esters is 1. The number of hydrogen-bond donors (Lipinski definition) is 1. The number of ether oxygens (including phenoxy) is 2. The quantitative estimate of drug-likeness (QED) is 0.274. The minimum Gasteiger partial charge on any atom is -0.477 e. The summed E-state index contributed by atoms with van der Waals surface area (Å²) in [6.45, 7) is 3.50. The van der Waals surface area contributed by atoms with Crippen molar-refractivity contribution in [3.05, 3.63) is 75.2 Å². The highest BCUT2D eigenvalue weighted by atomic mass is 32.1. The second-order valence-corrected chi connectivity index (χ2v) is 7.57. The molecule has 0 aliphatic carbocycles. The van der Waals surface area contributed by atoms with Crippen LogP contribution in [0, 0.1) is 10.1 Å². The Bertz CT molecular complexity index is 1120. The SMILES string of the molecule is CCOC(=O)c1c(-c2ccc(CC)cc2)csc1NC(=O)COc1ccccc1[N+](=O)[O-]. The van der Waals surface area contributed by atoms with Crippen LogP contribution in [0.1, 0.15) is 29.8 Å². The number of benzene rings is 2. The highest BCUT2D eigenvalue weighted by molar-refractivity contribution is 7.15. The van der Waals surface area contributed by atoms with Crippen molar-refractivity contribution in [2.75, 3.05) is 18.5 Å². The maximum atomic E-state index is 12.7. The summed E-state index contributed by atoms with van der Waals surface area (Å²) in [4.78, 5) is 35.6. The first-order valence-corrected chi connectivity index (χ1v) is 10.9. The third kappa shape index (κ3) is 5.30. The van der Waals surface area contributed by atoms with Crippen molar-refractivity contribution in [2.24, 2.45) is 0 Å². The first-order chi connectivity index (χ1) is 15.4. The molecule has 8 nitrogen and oxygen atoms in total. The number of thiophene rings is 1. The smallest absolute Gasteiger partial charge is 0.341 e. The number of nitrogens with zero attached hydrogens (tertiary/aromatic N) is 1. The Hall–Kier alpha value is -3.72. The van der Waals surface area contributed by atoms with E-state index in [4.69, 9.17) is 9.47 Å². The van der Waals surface area contributed by atoms with Gasteiger partial charge in [-0.25, -0.2) is 4.79 Å². The fourth-order valence-corrected chi connectivity index (χ4v) is 4.00. The van der Waals surface area contributed by atoms with E-state index in [0.29, 0.717) is 10.6 Å². The van der Waals surface area contributed by atoms with E-state index in [0.717, 1.165) is 12.0 Å². The summed E-state index contributed by atoms with van der Waals surface area (Å²) < 4.78 is 10.5. The molecule has 9 heteroatoms. The second-order valence-electron chi connectivity index (χ2n) is 6.69. The van der Waals surface area contributed by atoms with Gasteiger partial charge in [-0.1, -0.05) is 43.3 Å². The van der Waals surface area contributed by atoms with Crippen LogP contribution < -0.4 is 10.1 Å². The third-order valence-corrected chi connectivity index (χ3v) is 5.51. The number of amides is 1. The molecule has 1 heterocycles. The molecule has 0 saturated carbocycles. The van der Waals surface area contributed by atoms with Crippen molar-refractivity contribution < 1.29 is 24.0 Å². The number of carbonyl (C=O) groups excluding carboxylic acids is 2. The first-order valence-electron chi connectivity index (χ1n) is 9.98. The zero-order chi connectivity index (χ0) is 23.1. The van der Waals surface area contributed by atoms with Gasteiger partial charge in [0, 0.05) is 17.0 Å². The molecule has 0 spiro atoms. The summed E-state index contributed by atoms with van der Waals surface area (Å²) in [5.74, 6) is -1.11. The lowest BCUT2D eigenvalue weighted by Gasteiger charge is -2.10. The van der Waals surface area contributed by atoms with Crippen molar-refractivity contribution in [2.45, 2.75) is 20.3 Å². The van der Waals surface area contributed by atoms with Crippen molar-refractivity contribution in [1.29, 1.82) is 0 Å². The molecule has 2 aromatic carbocycles. The molecular formula is C23H22N2O6S. The molecule has 1 aromatic heterocycles. The molecule has 166 valence electrons. The van der Waals surface area contributed by atoms with Crippen molar-refractivity contribution >= 4 is 33.9 Å². The van der Waals surface area contributed by atoms with Gasteiger partial charge in [-0.15, -0.1) is 11.3 Å². The minimum atomic E-state index is -0.582. The number of carbonyl (C=O) groups is 2. The van der Waals surface area contributed by atoms with Gasteiger partial charge in [0.05, 0.1) is 11.5 Å². The molecule has 0 unspecified atom stereocenters. The average molecular weight is 455 g/mol. The Balaban J connectivity index is 1.81. The van der Waals surface area contributed by atoms with E-state index in [1.165, 1.54) is 35.1 Å². The molecule has 1 amide bonds. The number of rotatable bonds is 9. The van der Waals surface area contributed by atoms with Crippen LogP contribution in [0.25, 0.3) is 11.1 Å². The standard InChI is InChI=1S/C23H22N2O6S/c1-3-15-9-11-16(12-10-15)17-14-32-22(21(17)23(27)30-4-2)24-20(26)13-31-19-8-6-5-7-18(19)25(28)29/h5-12,14H,3-4,13H2,1-2H3,(H,24,26). The zero-order valence-electron chi connectivity index (χ0n) is 17.6. The van der Waals surface area contributed by atoms with Crippen LogP contribution in [0.4, 0.5) is 10.7 Å². The maximum Gasteiger partial charge on any atom is 0.341 e. The summed E-state index contributed by atoms with van der Waals surface area (Å²) in [6.07, 6.45) is 0.898. The van der Waals surface area contributed by atoms with Gasteiger partial charge in [0.15, 0.2) is 12.4 Å². The number of nitro benzene ring substituents is 1. The van der Waals surface area contributed by atoms with Crippen molar-refractivity contribution in [1.82, 2.24) is 0 Å². The Labute approximate surface area is 188 Å². The van der Waals surface area contributed by atoms with E-state index in [-0.39, 0.29) is 23.6 Å². The number of hydrogen-bond acceptors (Lipinski definition) is 7. The summed E-state index contributed by atoms with van der Waals surface area (Å²) >= 11 is 1.20. The molecule has 0 bridgehead atoms. The fourth-order valence-electron chi connectivity index (χ4n) is 3.02. The zero-order valence-corrected chi connectivity index (χ0v) is 18.4. The van der Waals surface area contributed by atoms with Crippen LogP contribution >= 0.6 is 11.3 Å². The Morgan fingerprint density at radius 2 is 1.81 bits per heavy atom. The summed E-state index contributed by atoms with van der Waals surface area (Å²) in [5, 5.41) is 15.9. The van der Waals surface area contributed by atoms with Gasteiger partial charge in [0.25, 0.3) is 5.91 Å². The highest BCUT2D eigenvalue weighted by Gasteiger charge is 2.23. The number of nitrogens with one attached hydrogen (secondary N) is 1. The van der Waals surface area contributed by atoms with Gasteiger partial charge in [-0.3, -0.25) is 14.9 Å². The lowest BCUT2D eigenvalue weighted by Crippen LogP contribution is -2.21. The minimum absolute atomic E-state index is 0.0128. The van der Waals surface area contributed by atoms with Gasteiger partial charge in [-0.2, -0.15) is 0 Å². The second kappa shape index (κ2) is 10.5. The van der Waals surface area contributed by atoms with E-state index in [2.05, 4.69) is 12.2 Å². The fraction of sp³-hybridized carbons (Fsp3) is 0.217. The number of para-hydroxylation sites is 2. The van der Waals surface area contributed by atoms with E-state index in [9.17, 15) is 19.7 Å². The first kappa shape index (κ1) is 23.0. The molecule has 0 atom stereocenters. The average Bonchev–Trinajstić information content (AvgIpc) is 3.21. The van der Waals surface area contributed by atoms with Gasteiger partial charge in [0.1, 0.15) is 10.6 Å². The molecule has 0 aliphatic heterocycles. The molecule has 0 aliphatic rings. The van der Waals surface area contributed by atoms with Gasteiger partial charge >= 0.3 is 11.7 Å². The van der Waals surface area contributed by atoms with E-state index >= 15 is 0 Å². The molecule has 0 radical (unpaired) electrons. The monoisotopic (exact) mass is 454 g/mol. The predicted molar refractivity (Wildman–Crippen MR) is 122 cm³/mol. The summed E-state index contributed by atoms with van der Waals surface area (Å²) in [7, 11) is 0. The van der Waals surface area contributed by atoms with Gasteiger partial charge < -0.3 is 14.8 Å². The van der Waals surface area contributed by atoms with Crippen LogP contribution in [0.3, 0.4) is 0 Å². The molecule has 0 saturated heterocycles. The Kier molecular flexibility index (Phi) is 7.56. The molecule has 0 fully saturated rings. The van der Waals surface area contributed by atoms with Crippen LogP contribution in [0.15, 0.2) is 53.9 Å². The van der Waals surface area contributed by atoms with Crippen LogP contribution in [-0.4, -0.2) is 30.0 Å². The Morgan fingerprint density at radius 1 is 1.09 bits per heavy atom. The van der Waals surface area contributed by atoms with Crippen LogP contribution in [-0.2, 0) is 16.0 Å². The van der Waals surface area contributed by atoms with Crippen LogP contribution in [0.2, 0.25) is 0 Å². The Morgan fingerprint density at radius 3 is 2.47 bits per heavy atom. The van der Waals surface area contributed by atoms with E-state index in [1.807, 2.05) is 24.3 Å². The third-order valence-electron chi connectivity index (χ3n) is 4.62. The van der Waals surface area contributed by atoms with E-state index in [1.54, 1.807) is 18.4 Å². The number of nitro groups is 1. The highest BCUT2D eigenvalue weighted by Crippen LogP contribution is 2.36. The number of anilines is 1. The van der Waals surface area contributed by atoms with Gasteiger partial charge in [0.2, 0.25) is 0 Å². The molecule has 32 heavy (non-hydrogen) atoms. The molecule has 1 N–H and O–H groups in total. The largest absolute Gasteiger partial charge is 0.477 e. The van der Waals surface area contributed by atoms with Gasteiger partial charge in [-0.05, 0) is 30.5 Å². The summed E-state index contributed by atoms with van der Waals surface area (Å²) in [5.41, 5.74) is 2.69. The predicted octanol–water partition coefficient (Wildman–Crippen LogP) is 5.08. The summed E-state index contributed by atoms with van der Waals surface area (Å²) in [6, 6.07) is 13.6. The lowest BCUT2D eigenvalue weighted by molar-refractivity contribution is -0.385. The number of aryl methyl sites for hydroxylation is 1. The van der Waals surface area contributed by atoms with Crippen molar-refractivity contribution in [3.63, 3.8) is 0 Å². The normalized spacial score (nSPS) is 10.4.